The highest BCUT2D eigenvalue weighted by Crippen LogP contribution is 2.68. The predicted octanol–water partition coefficient (Wildman–Crippen LogP) is 2.49. The highest BCUT2D eigenvalue weighted by Gasteiger charge is 2.64. The lowest BCUT2D eigenvalue weighted by Crippen LogP contribution is -2.11. The van der Waals surface area contributed by atoms with Crippen LogP contribution in [-0.2, 0) is 0 Å². The van der Waals surface area contributed by atoms with E-state index in [1.54, 1.807) is 6.33 Å². The van der Waals surface area contributed by atoms with Gasteiger partial charge in [-0.05, 0) is 16.7 Å². The van der Waals surface area contributed by atoms with Crippen molar-refractivity contribution in [1.82, 2.24) is 19.9 Å². The number of aromatic amines is 1. The van der Waals surface area contributed by atoms with E-state index in [0.29, 0.717) is 28.3 Å². The first-order chi connectivity index (χ1) is 9.38. The quantitative estimate of drug-likeness (QED) is 0.798. The zero-order valence-electron chi connectivity index (χ0n) is 12.7. The average molecular weight is 274 g/mol. The second-order valence-electron chi connectivity index (χ2n) is 6.62. The van der Waals surface area contributed by atoms with E-state index in [2.05, 4.69) is 58.3 Å². The number of imidazole rings is 1. The number of H-pyrrole nitrogens is 1. The van der Waals surface area contributed by atoms with Gasteiger partial charge in [-0.1, -0.05) is 27.7 Å². The van der Waals surface area contributed by atoms with Crippen molar-refractivity contribution >= 4 is 22.9 Å². The monoisotopic (exact) mass is 274 g/mol. The van der Waals surface area contributed by atoms with E-state index in [1.807, 2.05) is 7.05 Å². The maximum absolute atomic E-state index is 4.48. The van der Waals surface area contributed by atoms with E-state index in [-0.39, 0.29) is 0 Å². The summed E-state index contributed by atoms with van der Waals surface area (Å²) in [5.41, 5.74) is 2.28. The third-order valence-electron chi connectivity index (χ3n) is 5.30. The lowest BCUT2D eigenvalue weighted by molar-refractivity contribution is 0.457. The number of hydrogen-bond acceptors (Lipinski definition) is 5. The van der Waals surface area contributed by atoms with Gasteiger partial charge in [-0.15, -0.1) is 0 Å². The molecule has 20 heavy (non-hydrogen) atoms. The second kappa shape index (κ2) is 4.07. The molecule has 1 aliphatic rings. The van der Waals surface area contributed by atoms with E-state index in [4.69, 9.17) is 0 Å². The third-order valence-corrected chi connectivity index (χ3v) is 5.30. The minimum atomic E-state index is 0.367. The predicted molar refractivity (Wildman–Crippen MR) is 80.8 cm³/mol. The zero-order valence-corrected chi connectivity index (χ0v) is 12.7. The van der Waals surface area contributed by atoms with E-state index in [9.17, 15) is 0 Å². The largest absolute Gasteiger partial charge is 0.368 e. The Labute approximate surface area is 118 Å². The molecule has 0 aromatic carbocycles. The molecule has 0 bridgehead atoms. The SMILES string of the molecule is CNc1nc(NCC2C(C)(C)C2(C)C)c2[nH]cnc2n1. The Bertz CT molecular complexity index is 628. The van der Waals surface area contributed by atoms with Crippen molar-refractivity contribution in [3.8, 4) is 0 Å². The molecule has 2 heterocycles. The Hall–Kier alpha value is -1.85. The molecule has 0 atom stereocenters. The van der Waals surface area contributed by atoms with Gasteiger partial charge >= 0.3 is 0 Å². The summed E-state index contributed by atoms with van der Waals surface area (Å²) in [5, 5.41) is 6.43. The van der Waals surface area contributed by atoms with Crippen LogP contribution in [0, 0.1) is 16.7 Å². The van der Waals surface area contributed by atoms with Gasteiger partial charge in [-0.2, -0.15) is 9.97 Å². The molecule has 0 unspecified atom stereocenters. The van der Waals surface area contributed by atoms with Gasteiger partial charge in [0.2, 0.25) is 5.95 Å². The van der Waals surface area contributed by atoms with Crippen molar-refractivity contribution in [2.75, 3.05) is 24.2 Å². The molecule has 2 aromatic heterocycles. The lowest BCUT2D eigenvalue weighted by atomic mass is 10.0. The summed E-state index contributed by atoms with van der Waals surface area (Å²) in [7, 11) is 1.81. The Morgan fingerprint density at radius 3 is 2.50 bits per heavy atom. The number of fused-ring (bicyclic) bond motifs is 1. The van der Waals surface area contributed by atoms with Crippen molar-refractivity contribution in [2.45, 2.75) is 27.7 Å². The Kier molecular flexibility index (Phi) is 2.68. The fourth-order valence-corrected chi connectivity index (χ4v) is 3.12. The molecule has 0 spiro atoms. The fourth-order valence-electron chi connectivity index (χ4n) is 3.12. The number of aromatic nitrogens is 4. The molecule has 3 rings (SSSR count). The number of nitrogens with zero attached hydrogens (tertiary/aromatic N) is 3. The minimum absolute atomic E-state index is 0.367. The van der Waals surface area contributed by atoms with Gasteiger partial charge in [0.1, 0.15) is 5.52 Å². The van der Waals surface area contributed by atoms with E-state index >= 15 is 0 Å². The van der Waals surface area contributed by atoms with Crippen LogP contribution in [0.3, 0.4) is 0 Å². The summed E-state index contributed by atoms with van der Waals surface area (Å²) in [5.74, 6) is 2.04. The second-order valence-corrected chi connectivity index (χ2v) is 6.62. The molecule has 1 saturated carbocycles. The van der Waals surface area contributed by atoms with Crippen LogP contribution in [0.4, 0.5) is 11.8 Å². The van der Waals surface area contributed by atoms with Gasteiger partial charge in [0.25, 0.3) is 0 Å². The van der Waals surface area contributed by atoms with Gasteiger partial charge in [0.15, 0.2) is 11.5 Å². The van der Waals surface area contributed by atoms with Crippen molar-refractivity contribution in [3.05, 3.63) is 6.33 Å². The standard InChI is InChI=1S/C14H22N6/c1-13(2)8(14(13,3)4)6-16-10-9-11(18-7-17-9)20-12(15-5)19-10/h7-8H,6H2,1-5H3,(H3,15,16,17,18,19,20). The smallest absolute Gasteiger partial charge is 0.226 e. The molecule has 2 aromatic rings. The van der Waals surface area contributed by atoms with Crippen LogP contribution >= 0.6 is 0 Å². The molecule has 0 aliphatic heterocycles. The Morgan fingerprint density at radius 2 is 1.90 bits per heavy atom. The highest BCUT2D eigenvalue weighted by molar-refractivity contribution is 5.83. The molecular weight excluding hydrogens is 252 g/mol. The molecule has 0 radical (unpaired) electrons. The van der Waals surface area contributed by atoms with E-state index in [1.165, 1.54) is 0 Å². The maximum atomic E-state index is 4.48. The molecule has 0 amide bonds. The first kappa shape index (κ1) is 13.1. The first-order valence-electron chi connectivity index (χ1n) is 7.00. The van der Waals surface area contributed by atoms with Gasteiger partial charge < -0.3 is 15.6 Å². The number of rotatable bonds is 4. The molecule has 6 nitrogen and oxygen atoms in total. The van der Waals surface area contributed by atoms with E-state index in [0.717, 1.165) is 17.9 Å². The normalized spacial score (nSPS) is 20.1. The lowest BCUT2D eigenvalue weighted by Gasteiger charge is -2.09. The summed E-state index contributed by atoms with van der Waals surface area (Å²) in [6.45, 7) is 10.2. The first-order valence-corrected chi connectivity index (χ1v) is 7.00. The van der Waals surface area contributed by atoms with Crippen LogP contribution in [-0.4, -0.2) is 33.5 Å². The van der Waals surface area contributed by atoms with Crippen LogP contribution in [0.5, 0.6) is 0 Å². The minimum Gasteiger partial charge on any atom is -0.368 e. The van der Waals surface area contributed by atoms with Gasteiger partial charge in [-0.3, -0.25) is 0 Å². The third kappa shape index (κ3) is 1.74. The molecule has 108 valence electrons. The highest BCUT2D eigenvalue weighted by atomic mass is 15.2. The van der Waals surface area contributed by atoms with Crippen molar-refractivity contribution in [2.24, 2.45) is 16.7 Å². The molecular formula is C14H22N6. The summed E-state index contributed by atoms with van der Waals surface area (Å²) >= 11 is 0. The van der Waals surface area contributed by atoms with Crippen LogP contribution < -0.4 is 10.6 Å². The fraction of sp³-hybridized carbons (Fsp3) is 0.643. The van der Waals surface area contributed by atoms with Crippen molar-refractivity contribution in [1.29, 1.82) is 0 Å². The molecule has 1 aliphatic carbocycles. The van der Waals surface area contributed by atoms with E-state index < -0.39 is 0 Å². The van der Waals surface area contributed by atoms with Gasteiger partial charge in [-0.25, -0.2) is 4.98 Å². The average Bonchev–Trinajstić information content (AvgIpc) is 2.76. The number of nitrogens with one attached hydrogen (secondary N) is 3. The van der Waals surface area contributed by atoms with Crippen molar-refractivity contribution < 1.29 is 0 Å². The summed E-state index contributed by atoms with van der Waals surface area (Å²) in [6, 6.07) is 0. The molecule has 6 heteroatoms. The summed E-state index contributed by atoms with van der Waals surface area (Å²) < 4.78 is 0. The molecule has 3 N–H and O–H groups in total. The molecule has 0 saturated heterocycles. The van der Waals surface area contributed by atoms with Gasteiger partial charge in [0, 0.05) is 13.6 Å². The maximum Gasteiger partial charge on any atom is 0.226 e. The van der Waals surface area contributed by atoms with Crippen LogP contribution in [0.25, 0.3) is 11.2 Å². The van der Waals surface area contributed by atoms with Crippen molar-refractivity contribution in [3.63, 3.8) is 0 Å². The van der Waals surface area contributed by atoms with Gasteiger partial charge in [0.05, 0.1) is 6.33 Å². The number of anilines is 2. The van der Waals surface area contributed by atoms with Crippen LogP contribution in [0.2, 0.25) is 0 Å². The number of hydrogen-bond donors (Lipinski definition) is 3. The van der Waals surface area contributed by atoms with Crippen LogP contribution in [0.15, 0.2) is 6.33 Å². The summed E-state index contributed by atoms with van der Waals surface area (Å²) in [6.07, 6.45) is 1.65. The Morgan fingerprint density at radius 1 is 1.20 bits per heavy atom. The topological polar surface area (TPSA) is 78.5 Å². The zero-order chi connectivity index (χ0) is 14.5. The van der Waals surface area contributed by atoms with Crippen LogP contribution in [0.1, 0.15) is 27.7 Å². The molecule has 1 fully saturated rings. The summed E-state index contributed by atoms with van der Waals surface area (Å²) in [4.78, 5) is 16.1. The Balaban J connectivity index is 1.83.